The van der Waals surface area contributed by atoms with E-state index >= 15 is 0 Å². The van der Waals surface area contributed by atoms with Gasteiger partial charge in [0.1, 0.15) is 11.4 Å². The average Bonchev–Trinajstić information content (AvgIpc) is 2.65. The van der Waals surface area contributed by atoms with E-state index in [4.69, 9.17) is 5.73 Å². The highest BCUT2D eigenvalue weighted by atomic mass is 19.3. The molecule has 96 valence electrons. The lowest BCUT2D eigenvalue weighted by molar-refractivity contribution is 0.143. The molecule has 1 heterocycles. The van der Waals surface area contributed by atoms with E-state index in [1.54, 1.807) is 0 Å². The normalized spacial score (nSPS) is 11.2. The molecule has 0 bridgehead atoms. The third-order valence-corrected chi connectivity index (χ3v) is 2.26. The van der Waals surface area contributed by atoms with Gasteiger partial charge in [-0.2, -0.15) is 5.10 Å². The number of nitrogen functional groups attached to an aromatic ring is 1. The van der Waals surface area contributed by atoms with Gasteiger partial charge >= 0.3 is 0 Å². The van der Waals surface area contributed by atoms with Gasteiger partial charge in [0.2, 0.25) is 0 Å². The molecular formula is C10H6F5N3. The SMILES string of the molecule is Nc1cnn(-c2cc(F)c(F)cc2F)c1C(F)F. The fourth-order valence-electron chi connectivity index (χ4n) is 1.46. The quantitative estimate of drug-likeness (QED) is 0.668. The fourth-order valence-corrected chi connectivity index (χ4v) is 1.46. The summed E-state index contributed by atoms with van der Waals surface area (Å²) in [4.78, 5) is 0. The van der Waals surface area contributed by atoms with Crippen LogP contribution in [-0.2, 0) is 0 Å². The molecular weight excluding hydrogens is 257 g/mol. The lowest BCUT2D eigenvalue weighted by atomic mass is 10.2. The van der Waals surface area contributed by atoms with Gasteiger partial charge in [-0.1, -0.05) is 0 Å². The number of benzene rings is 1. The number of halogens is 5. The number of aromatic nitrogens is 2. The zero-order valence-corrected chi connectivity index (χ0v) is 8.67. The van der Waals surface area contributed by atoms with E-state index in [1.807, 2.05) is 0 Å². The molecule has 2 aromatic rings. The molecule has 18 heavy (non-hydrogen) atoms. The van der Waals surface area contributed by atoms with Gasteiger partial charge < -0.3 is 5.73 Å². The van der Waals surface area contributed by atoms with Crippen molar-refractivity contribution < 1.29 is 22.0 Å². The van der Waals surface area contributed by atoms with Gasteiger partial charge in [-0.3, -0.25) is 0 Å². The van der Waals surface area contributed by atoms with Crippen LogP contribution < -0.4 is 5.73 Å². The van der Waals surface area contributed by atoms with Gasteiger partial charge in [0, 0.05) is 12.1 Å². The maximum absolute atomic E-state index is 13.4. The summed E-state index contributed by atoms with van der Waals surface area (Å²) in [5.41, 5.74) is 3.46. The lowest BCUT2D eigenvalue weighted by Gasteiger charge is -2.09. The van der Waals surface area contributed by atoms with E-state index in [9.17, 15) is 22.0 Å². The number of hydrogen-bond acceptors (Lipinski definition) is 2. The Bertz CT molecular complexity index is 593. The second kappa shape index (κ2) is 4.28. The standard InChI is InChI=1S/C10H6F5N3/c11-4-1-6(13)8(2-5(4)12)18-9(10(14)15)7(16)3-17-18/h1-3,10H,16H2. The van der Waals surface area contributed by atoms with E-state index < -0.39 is 35.3 Å². The molecule has 0 atom stereocenters. The van der Waals surface area contributed by atoms with Crippen molar-refractivity contribution in [3.05, 3.63) is 41.5 Å². The molecule has 0 aliphatic carbocycles. The summed E-state index contributed by atoms with van der Waals surface area (Å²) in [6.07, 6.45) is -2.15. The van der Waals surface area contributed by atoms with E-state index in [0.29, 0.717) is 10.7 Å². The Kier molecular flexibility index (Phi) is 2.93. The van der Waals surface area contributed by atoms with Gasteiger partial charge in [-0.15, -0.1) is 0 Å². The predicted octanol–water partition coefficient (Wildman–Crippen LogP) is 2.81. The van der Waals surface area contributed by atoms with Gasteiger partial charge in [0.05, 0.1) is 11.9 Å². The highest BCUT2D eigenvalue weighted by Crippen LogP contribution is 2.28. The third kappa shape index (κ3) is 1.89. The number of rotatable bonds is 2. The van der Waals surface area contributed by atoms with Crippen molar-refractivity contribution in [1.29, 1.82) is 0 Å². The van der Waals surface area contributed by atoms with Crippen LogP contribution in [0.15, 0.2) is 18.3 Å². The second-order valence-electron chi connectivity index (χ2n) is 3.42. The number of nitrogens with two attached hydrogens (primary N) is 1. The molecule has 3 nitrogen and oxygen atoms in total. The monoisotopic (exact) mass is 263 g/mol. The number of hydrogen-bond donors (Lipinski definition) is 1. The zero-order chi connectivity index (χ0) is 13.4. The maximum atomic E-state index is 13.4. The molecule has 0 saturated carbocycles. The Balaban J connectivity index is 2.66. The van der Waals surface area contributed by atoms with Crippen molar-refractivity contribution in [2.45, 2.75) is 6.43 Å². The van der Waals surface area contributed by atoms with Crippen LogP contribution in [0.25, 0.3) is 5.69 Å². The van der Waals surface area contributed by atoms with Crippen molar-refractivity contribution in [3.63, 3.8) is 0 Å². The number of alkyl halides is 2. The smallest absolute Gasteiger partial charge is 0.282 e. The Labute approximate surface area is 97.6 Å². The summed E-state index contributed by atoms with van der Waals surface area (Å²) in [7, 11) is 0. The summed E-state index contributed by atoms with van der Waals surface area (Å²) in [5.74, 6) is -4.02. The number of anilines is 1. The van der Waals surface area contributed by atoms with Crippen molar-refractivity contribution in [3.8, 4) is 5.69 Å². The lowest BCUT2D eigenvalue weighted by Crippen LogP contribution is -2.07. The third-order valence-electron chi connectivity index (χ3n) is 2.26. The Morgan fingerprint density at radius 3 is 2.28 bits per heavy atom. The molecule has 0 aliphatic heterocycles. The van der Waals surface area contributed by atoms with Crippen LogP contribution in [0.2, 0.25) is 0 Å². The van der Waals surface area contributed by atoms with Gasteiger partial charge in [-0.25, -0.2) is 26.6 Å². The molecule has 2 N–H and O–H groups in total. The summed E-state index contributed by atoms with van der Waals surface area (Å²) in [6.45, 7) is 0. The largest absolute Gasteiger partial charge is 0.396 e. The maximum Gasteiger partial charge on any atom is 0.282 e. The van der Waals surface area contributed by atoms with Crippen molar-refractivity contribution in [2.24, 2.45) is 0 Å². The molecule has 0 saturated heterocycles. The molecule has 0 amide bonds. The molecule has 0 fully saturated rings. The van der Waals surface area contributed by atoms with Gasteiger partial charge in [0.15, 0.2) is 17.5 Å². The van der Waals surface area contributed by atoms with Crippen LogP contribution in [-0.4, -0.2) is 9.78 Å². The minimum absolute atomic E-state index is 0.248. The highest BCUT2D eigenvalue weighted by Gasteiger charge is 2.22. The van der Waals surface area contributed by atoms with Crippen LogP contribution in [0.3, 0.4) is 0 Å². The first-order valence-electron chi connectivity index (χ1n) is 4.68. The topological polar surface area (TPSA) is 43.8 Å². The van der Waals surface area contributed by atoms with E-state index in [2.05, 4.69) is 5.10 Å². The average molecular weight is 263 g/mol. The minimum Gasteiger partial charge on any atom is -0.396 e. The van der Waals surface area contributed by atoms with E-state index in [-0.39, 0.29) is 11.8 Å². The van der Waals surface area contributed by atoms with Gasteiger partial charge in [-0.05, 0) is 0 Å². The van der Waals surface area contributed by atoms with Crippen LogP contribution in [0.1, 0.15) is 12.1 Å². The fraction of sp³-hybridized carbons (Fsp3) is 0.100. The van der Waals surface area contributed by atoms with Gasteiger partial charge in [0.25, 0.3) is 6.43 Å². The summed E-state index contributed by atoms with van der Waals surface area (Å²) in [6, 6.07) is 0.681. The second-order valence-corrected chi connectivity index (χ2v) is 3.42. The molecule has 0 aliphatic rings. The molecule has 0 unspecified atom stereocenters. The summed E-state index contributed by atoms with van der Waals surface area (Å²) < 4.78 is 64.9. The predicted molar refractivity (Wildman–Crippen MR) is 52.8 cm³/mol. The van der Waals surface area contributed by atoms with Crippen molar-refractivity contribution in [2.75, 3.05) is 5.73 Å². The Morgan fingerprint density at radius 2 is 1.67 bits per heavy atom. The van der Waals surface area contributed by atoms with E-state index in [0.717, 1.165) is 6.20 Å². The summed E-state index contributed by atoms with van der Waals surface area (Å²) in [5, 5.41) is 3.42. The van der Waals surface area contributed by atoms with Crippen LogP contribution in [0, 0.1) is 17.5 Å². The first-order valence-corrected chi connectivity index (χ1v) is 4.68. The van der Waals surface area contributed by atoms with Crippen LogP contribution >= 0.6 is 0 Å². The van der Waals surface area contributed by atoms with Crippen molar-refractivity contribution in [1.82, 2.24) is 9.78 Å². The molecule has 2 rings (SSSR count). The molecule has 1 aromatic heterocycles. The molecule has 0 spiro atoms. The number of nitrogens with zero attached hydrogens (tertiary/aromatic N) is 2. The zero-order valence-electron chi connectivity index (χ0n) is 8.67. The highest BCUT2D eigenvalue weighted by molar-refractivity contribution is 5.47. The molecule has 8 heteroatoms. The van der Waals surface area contributed by atoms with Crippen molar-refractivity contribution >= 4 is 5.69 Å². The molecule has 0 radical (unpaired) electrons. The minimum atomic E-state index is -3.03. The van der Waals surface area contributed by atoms with Crippen LogP contribution in [0.5, 0.6) is 0 Å². The first-order chi connectivity index (χ1) is 8.41. The first kappa shape index (κ1) is 12.3. The Morgan fingerprint density at radius 1 is 1.06 bits per heavy atom. The molecule has 1 aromatic carbocycles. The van der Waals surface area contributed by atoms with E-state index in [1.165, 1.54) is 0 Å². The Hall–Kier alpha value is -2.12. The summed E-state index contributed by atoms with van der Waals surface area (Å²) >= 11 is 0. The van der Waals surface area contributed by atoms with Crippen LogP contribution in [0.4, 0.5) is 27.6 Å².